The Labute approximate surface area is 165 Å². The first-order chi connectivity index (χ1) is 13.4. The molecule has 4 rings (SSSR count). The van der Waals surface area contributed by atoms with Crippen LogP contribution in [0.5, 0.6) is 0 Å². The minimum Gasteiger partial charge on any atom is -0.266 e. The Morgan fingerprint density at radius 1 is 1.11 bits per heavy atom. The van der Waals surface area contributed by atoms with Gasteiger partial charge in [-0.05, 0) is 48.2 Å². The number of thioether (sulfide) groups is 1. The molecule has 1 N–H and O–H groups in total. The summed E-state index contributed by atoms with van der Waals surface area (Å²) in [6.07, 6.45) is 1.49. The molecule has 0 spiro atoms. The van der Waals surface area contributed by atoms with Gasteiger partial charge in [0.25, 0.3) is 0 Å². The van der Waals surface area contributed by atoms with E-state index in [4.69, 9.17) is 0 Å². The number of hydrogen-bond donors (Lipinski definition) is 1. The van der Waals surface area contributed by atoms with Gasteiger partial charge >= 0.3 is 5.69 Å². The van der Waals surface area contributed by atoms with Crippen molar-refractivity contribution in [3.8, 4) is 0 Å². The molecule has 3 aromatic rings. The molecular weight excluding hydrogens is 401 g/mol. The maximum atomic E-state index is 13.0. The Morgan fingerprint density at radius 3 is 2.39 bits per heavy atom. The quantitative estimate of drug-likeness (QED) is 0.490. The Bertz CT molecular complexity index is 1130. The zero-order valence-corrected chi connectivity index (χ0v) is 16.5. The second kappa shape index (κ2) is 7.56. The predicted molar refractivity (Wildman–Crippen MR) is 105 cm³/mol. The van der Waals surface area contributed by atoms with E-state index in [9.17, 15) is 17.6 Å². The average Bonchev–Trinajstić information content (AvgIpc) is 3.25. The fraction of sp³-hybridized carbons (Fsp3) is 0.263. The molecule has 0 aliphatic heterocycles. The maximum absolute atomic E-state index is 13.0. The van der Waals surface area contributed by atoms with Crippen LogP contribution in [0.4, 0.5) is 4.39 Å². The number of H-pyrrole nitrogens is 1. The minimum atomic E-state index is -3.53. The Balaban J connectivity index is 1.46. The van der Waals surface area contributed by atoms with Gasteiger partial charge < -0.3 is 0 Å². The maximum Gasteiger partial charge on any atom is 0.344 e. The highest BCUT2D eigenvalue weighted by Gasteiger charge is 2.26. The van der Waals surface area contributed by atoms with E-state index in [2.05, 4.69) is 22.3 Å². The molecular formula is C19H18FN3O3S2. The molecule has 2 aromatic carbocycles. The van der Waals surface area contributed by atoms with Crippen molar-refractivity contribution < 1.29 is 12.8 Å². The van der Waals surface area contributed by atoms with Crippen LogP contribution in [0.25, 0.3) is 0 Å². The molecule has 146 valence electrons. The van der Waals surface area contributed by atoms with Crippen LogP contribution in [0.15, 0.2) is 63.4 Å². The van der Waals surface area contributed by atoms with Crippen LogP contribution in [0.2, 0.25) is 0 Å². The summed E-state index contributed by atoms with van der Waals surface area (Å²) in [5.74, 6) is -0.370. The summed E-state index contributed by atoms with van der Waals surface area (Å²) in [6.45, 7) is 0. The number of fused-ring (bicyclic) bond motifs is 1. The summed E-state index contributed by atoms with van der Waals surface area (Å²) < 4.78 is 39.4. The van der Waals surface area contributed by atoms with E-state index in [-0.39, 0.29) is 28.1 Å². The number of aromatic nitrogens is 3. The van der Waals surface area contributed by atoms with E-state index in [1.54, 1.807) is 4.57 Å². The summed E-state index contributed by atoms with van der Waals surface area (Å²) in [5.41, 5.74) is 2.15. The molecule has 0 saturated carbocycles. The van der Waals surface area contributed by atoms with Gasteiger partial charge in [0.05, 0.1) is 10.6 Å². The molecule has 0 fully saturated rings. The van der Waals surface area contributed by atoms with Gasteiger partial charge in [0.15, 0.2) is 15.0 Å². The molecule has 1 aliphatic rings. The van der Waals surface area contributed by atoms with E-state index in [1.807, 2.05) is 12.1 Å². The zero-order valence-electron chi connectivity index (χ0n) is 14.8. The van der Waals surface area contributed by atoms with Gasteiger partial charge in [-0.3, -0.25) is 4.57 Å². The van der Waals surface area contributed by atoms with Crippen molar-refractivity contribution in [2.24, 2.45) is 0 Å². The number of benzene rings is 2. The van der Waals surface area contributed by atoms with Gasteiger partial charge in [-0.15, -0.1) is 5.10 Å². The fourth-order valence-electron chi connectivity index (χ4n) is 3.43. The van der Waals surface area contributed by atoms with Crippen molar-refractivity contribution >= 4 is 21.6 Å². The third-order valence-electron chi connectivity index (χ3n) is 4.82. The molecule has 1 heterocycles. The molecule has 0 bridgehead atoms. The first-order valence-corrected chi connectivity index (χ1v) is 11.4. The summed E-state index contributed by atoms with van der Waals surface area (Å²) in [7, 11) is -3.53. The molecule has 0 atom stereocenters. The van der Waals surface area contributed by atoms with Crippen LogP contribution in [0, 0.1) is 5.82 Å². The van der Waals surface area contributed by atoms with Gasteiger partial charge in [-0.25, -0.2) is 22.7 Å². The predicted octanol–water partition coefficient (Wildman–Crippen LogP) is 2.62. The van der Waals surface area contributed by atoms with Crippen LogP contribution >= 0.6 is 11.8 Å². The third-order valence-corrected chi connectivity index (χ3v) is 7.77. The fourth-order valence-corrected chi connectivity index (χ4v) is 6.10. The molecule has 1 aliphatic carbocycles. The molecule has 9 heteroatoms. The number of halogens is 1. The normalized spacial score (nSPS) is 14.3. The van der Waals surface area contributed by atoms with Crippen LogP contribution in [0.3, 0.4) is 0 Å². The highest BCUT2D eigenvalue weighted by molar-refractivity contribution is 8.00. The third kappa shape index (κ3) is 3.77. The number of nitrogens with one attached hydrogen (secondary N) is 1. The lowest BCUT2D eigenvalue weighted by Crippen LogP contribution is -2.23. The van der Waals surface area contributed by atoms with Gasteiger partial charge in [0.1, 0.15) is 5.82 Å². The van der Waals surface area contributed by atoms with Crippen molar-refractivity contribution in [2.75, 3.05) is 11.5 Å². The SMILES string of the molecule is O=c1[nH]nc(SCCS(=O)(=O)c2ccc(F)cc2)n1C1Cc2ccccc2C1. The summed E-state index contributed by atoms with van der Waals surface area (Å²) in [5, 5.41) is 7.03. The van der Waals surface area contributed by atoms with Crippen LogP contribution in [0.1, 0.15) is 17.2 Å². The number of aromatic amines is 1. The number of rotatable bonds is 6. The molecule has 1 aromatic heterocycles. The van der Waals surface area contributed by atoms with Crippen LogP contribution in [-0.2, 0) is 22.7 Å². The first-order valence-electron chi connectivity index (χ1n) is 8.79. The lowest BCUT2D eigenvalue weighted by Gasteiger charge is -2.12. The van der Waals surface area contributed by atoms with Crippen molar-refractivity contribution in [3.63, 3.8) is 0 Å². The highest BCUT2D eigenvalue weighted by atomic mass is 32.2. The zero-order chi connectivity index (χ0) is 19.7. The Kier molecular flexibility index (Phi) is 5.11. The van der Waals surface area contributed by atoms with Crippen molar-refractivity contribution in [2.45, 2.75) is 28.9 Å². The highest BCUT2D eigenvalue weighted by Crippen LogP contribution is 2.31. The van der Waals surface area contributed by atoms with Crippen molar-refractivity contribution in [1.82, 2.24) is 14.8 Å². The smallest absolute Gasteiger partial charge is 0.266 e. The van der Waals surface area contributed by atoms with Crippen molar-refractivity contribution in [3.05, 3.63) is 76.0 Å². The van der Waals surface area contributed by atoms with Crippen LogP contribution in [-0.4, -0.2) is 34.7 Å². The molecule has 6 nitrogen and oxygen atoms in total. The molecule has 0 amide bonds. The lowest BCUT2D eigenvalue weighted by molar-refractivity contribution is 0.477. The van der Waals surface area contributed by atoms with E-state index in [0.717, 1.165) is 25.0 Å². The van der Waals surface area contributed by atoms with Gasteiger partial charge in [-0.1, -0.05) is 36.0 Å². The summed E-state index contributed by atoms with van der Waals surface area (Å²) in [4.78, 5) is 12.4. The Morgan fingerprint density at radius 2 is 1.75 bits per heavy atom. The van der Waals surface area contributed by atoms with Gasteiger partial charge in [0.2, 0.25) is 0 Å². The largest absolute Gasteiger partial charge is 0.344 e. The summed E-state index contributed by atoms with van der Waals surface area (Å²) in [6, 6.07) is 12.8. The lowest BCUT2D eigenvalue weighted by atomic mass is 10.1. The number of sulfone groups is 1. The van der Waals surface area contributed by atoms with Crippen LogP contribution < -0.4 is 5.69 Å². The second-order valence-electron chi connectivity index (χ2n) is 6.63. The second-order valence-corrected chi connectivity index (χ2v) is 9.80. The van der Waals surface area contributed by atoms with E-state index >= 15 is 0 Å². The number of hydrogen-bond acceptors (Lipinski definition) is 5. The van der Waals surface area contributed by atoms with Gasteiger partial charge in [0, 0.05) is 11.8 Å². The average molecular weight is 420 g/mol. The van der Waals surface area contributed by atoms with E-state index in [0.29, 0.717) is 5.16 Å². The molecule has 0 unspecified atom stereocenters. The first kappa shape index (κ1) is 18.9. The molecule has 28 heavy (non-hydrogen) atoms. The Hall–Kier alpha value is -2.39. The molecule has 0 saturated heterocycles. The summed E-state index contributed by atoms with van der Waals surface area (Å²) >= 11 is 1.23. The molecule has 0 radical (unpaired) electrons. The standard InChI is InChI=1S/C19H18FN3O3S2/c20-15-5-7-17(8-6-15)28(25,26)10-9-27-19-22-21-18(24)23(19)16-11-13-3-1-2-4-14(13)12-16/h1-8,16H,9-12H2,(H,21,24). The van der Waals surface area contributed by atoms with E-state index in [1.165, 1.54) is 35.0 Å². The monoisotopic (exact) mass is 419 g/mol. The minimum absolute atomic E-state index is 0.0279. The number of nitrogens with zero attached hydrogens (tertiary/aromatic N) is 2. The van der Waals surface area contributed by atoms with E-state index < -0.39 is 15.7 Å². The van der Waals surface area contributed by atoms with Gasteiger partial charge in [-0.2, -0.15) is 0 Å². The topological polar surface area (TPSA) is 84.8 Å². The van der Waals surface area contributed by atoms with Crippen molar-refractivity contribution in [1.29, 1.82) is 0 Å².